The van der Waals surface area contributed by atoms with Crippen LogP contribution in [0.5, 0.6) is 0 Å². The fourth-order valence-corrected chi connectivity index (χ4v) is 4.38. The first-order valence-corrected chi connectivity index (χ1v) is 8.88. The Kier molecular flexibility index (Phi) is 5.51. The van der Waals surface area contributed by atoms with Gasteiger partial charge in [-0.25, -0.2) is 0 Å². The molecule has 1 aliphatic heterocycles. The molecule has 116 valence electrons. The number of benzene rings is 1. The van der Waals surface area contributed by atoms with Gasteiger partial charge in [0.25, 0.3) is 0 Å². The zero-order valence-corrected chi connectivity index (χ0v) is 13.6. The van der Waals surface area contributed by atoms with Crippen LogP contribution in [0.1, 0.15) is 32.4 Å². The van der Waals surface area contributed by atoms with Gasteiger partial charge in [0.1, 0.15) is 6.04 Å². The van der Waals surface area contributed by atoms with Gasteiger partial charge in [0.2, 0.25) is 0 Å². The Bertz CT molecular complexity index is 513. The molecule has 21 heavy (non-hydrogen) atoms. The van der Waals surface area contributed by atoms with Crippen molar-refractivity contribution in [3.05, 3.63) is 35.9 Å². The summed E-state index contributed by atoms with van der Waals surface area (Å²) in [5, 5.41) is 10.2. The Labute approximate surface area is 125 Å². The first kappa shape index (κ1) is 16.1. The van der Waals surface area contributed by atoms with Crippen LogP contribution in [-0.4, -0.2) is 30.6 Å². The Balaban J connectivity index is 2.36. The predicted molar refractivity (Wildman–Crippen MR) is 81.1 cm³/mol. The number of rotatable bonds is 7. The van der Waals surface area contributed by atoms with Crippen LogP contribution in [0.2, 0.25) is 0 Å². The second kappa shape index (κ2) is 7.16. The molecule has 0 fully saturated rings. The standard InChI is InChI=1S/C14H22N3O3P/c1-4-17-13(12-10-8-7-9-11-12)14(15-16-17)21(18,19-5-2)20-6-3/h7-11,13-14H,4-6H2,1-3H3. The summed E-state index contributed by atoms with van der Waals surface area (Å²) in [6, 6.07) is 9.59. The summed E-state index contributed by atoms with van der Waals surface area (Å²) in [7, 11) is -3.34. The van der Waals surface area contributed by atoms with Crippen molar-refractivity contribution in [3.63, 3.8) is 0 Å². The largest absolute Gasteiger partial charge is 0.359 e. The third-order valence-electron chi connectivity index (χ3n) is 3.30. The lowest BCUT2D eigenvalue weighted by Crippen LogP contribution is -2.27. The van der Waals surface area contributed by atoms with Crippen LogP contribution >= 0.6 is 7.60 Å². The third-order valence-corrected chi connectivity index (χ3v) is 5.57. The number of hydrogen-bond acceptors (Lipinski definition) is 6. The van der Waals surface area contributed by atoms with Gasteiger partial charge in [0, 0.05) is 6.54 Å². The Morgan fingerprint density at radius 3 is 2.29 bits per heavy atom. The highest BCUT2D eigenvalue weighted by molar-refractivity contribution is 7.54. The molecule has 2 atom stereocenters. The highest BCUT2D eigenvalue weighted by Crippen LogP contribution is 2.60. The van der Waals surface area contributed by atoms with E-state index < -0.39 is 13.4 Å². The zero-order chi connectivity index (χ0) is 15.3. The maximum absolute atomic E-state index is 13.0. The fraction of sp³-hybridized carbons (Fsp3) is 0.571. The fourth-order valence-electron chi connectivity index (χ4n) is 2.43. The van der Waals surface area contributed by atoms with Gasteiger partial charge >= 0.3 is 7.60 Å². The molecule has 1 aliphatic rings. The predicted octanol–water partition coefficient (Wildman–Crippen LogP) is 4.02. The van der Waals surface area contributed by atoms with Crippen LogP contribution < -0.4 is 0 Å². The van der Waals surface area contributed by atoms with Gasteiger partial charge in [-0.1, -0.05) is 35.6 Å². The minimum absolute atomic E-state index is 0.222. The van der Waals surface area contributed by atoms with Crippen LogP contribution in [0.3, 0.4) is 0 Å². The molecule has 0 saturated heterocycles. The van der Waals surface area contributed by atoms with Gasteiger partial charge in [-0.3, -0.25) is 9.57 Å². The normalized spacial score (nSPS) is 22.0. The summed E-state index contributed by atoms with van der Waals surface area (Å²) in [5.41, 5.74) is 1.01. The van der Waals surface area contributed by atoms with Crippen molar-refractivity contribution >= 4 is 7.60 Å². The molecule has 0 aliphatic carbocycles. The molecular formula is C14H22N3O3P. The summed E-state index contributed by atoms with van der Waals surface area (Å²) < 4.78 is 23.9. The van der Waals surface area contributed by atoms with E-state index in [-0.39, 0.29) is 6.04 Å². The van der Waals surface area contributed by atoms with Crippen LogP contribution in [0.25, 0.3) is 0 Å². The van der Waals surface area contributed by atoms with Crippen molar-refractivity contribution in [3.8, 4) is 0 Å². The number of nitrogens with zero attached hydrogens (tertiary/aromatic N) is 3. The minimum Gasteiger partial charge on any atom is -0.307 e. The molecule has 0 N–H and O–H groups in total. The van der Waals surface area contributed by atoms with Gasteiger partial charge < -0.3 is 9.05 Å². The second-order valence-corrected chi connectivity index (χ2v) is 6.73. The molecule has 0 amide bonds. The smallest absolute Gasteiger partial charge is 0.307 e. The number of likely N-dealkylation sites (N-methyl/N-ethyl adjacent to an activating group) is 1. The molecule has 1 aromatic carbocycles. The number of hydrogen-bond donors (Lipinski definition) is 0. The topological polar surface area (TPSA) is 63.5 Å². The zero-order valence-electron chi connectivity index (χ0n) is 12.7. The average Bonchev–Trinajstić information content (AvgIpc) is 2.93. The first-order chi connectivity index (χ1) is 10.2. The molecule has 2 unspecified atom stereocenters. The van der Waals surface area contributed by atoms with Crippen LogP contribution in [0.4, 0.5) is 0 Å². The lowest BCUT2D eigenvalue weighted by atomic mass is 10.1. The summed E-state index contributed by atoms with van der Waals surface area (Å²) in [5.74, 6) is -0.625. The van der Waals surface area contributed by atoms with E-state index >= 15 is 0 Å². The maximum Gasteiger partial charge on any atom is 0.359 e. The summed E-state index contributed by atoms with van der Waals surface area (Å²) in [6.07, 6.45) is 0. The van der Waals surface area contributed by atoms with E-state index in [1.165, 1.54) is 0 Å². The molecule has 0 aromatic heterocycles. The van der Waals surface area contributed by atoms with E-state index in [2.05, 4.69) is 10.3 Å². The monoisotopic (exact) mass is 311 g/mol. The third kappa shape index (κ3) is 3.34. The van der Waals surface area contributed by atoms with Gasteiger partial charge in [0.05, 0.1) is 13.2 Å². The highest BCUT2D eigenvalue weighted by Gasteiger charge is 2.47. The molecule has 0 saturated carbocycles. The molecule has 0 bridgehead atoms. The van der Waals surface area contributed by atoms with Crippen molar-refractivity contribution in [2.75, 3.05) is 19.8 Å². The average molecular weight is 311 g/mol. The van der Waals surface area contributed by atoms with Gasteiger partial charge in [0.15, 0.2) is 5.78 Å². The molecule has 0 radical (unpaired) electrons. The van der Waals surface area contributed by atoms with Crippen LogP contribution in [0, 0.1) is 0 Å². The summed E-state index contributed by atoms with van der Waals surface area (Å²) in [6.45, 7) is 6.90. The Morgan fingerprint density at radius 2 is 1.76 bits per heavy atom. The summed E-state index contributed by atoms with van der Waals surface area (Å²) in [4.78, 5) is 0. The second-order valence-electron chi connectivity index (χ2n) is 4.61. The minimum atomic E-state index is -3.34. The van der Waals surface area contributed by atoms with Crippen molar-refractivity contribution < 1.29 is 13.6 Å². The van der Waals surface area contributed by atoms with Crippen LogP contribution in [-0.2, 0) is 13.6 Å². The van der Waals surface area contributed by atoms with E-state index in [9.17, 15) is 4.57 Å². The van der Waals surface area contributed by atoms with E-state index in [1.54, 1.807) is 13.8 Å². The van der Waals surface area contributed by atoms with E-state index in [4.69, 9.17) is 9.05 Å². The summed E-state index contributed by atoms with van der Waals surface area (Å²) >= 11 is 0. The van der Waals surface area contributed by atoms with Gasteiger partial charge in [-0.2, -0.15) is 5.11 Å². The van der Waals surface area contributed by atoms with E-state index in [1.807, 2.05) is 42.3 Å². The Morgan fingerprint density at radius 1 is 1.14 bits per heavy atom. The highest BCUT2D eigenvalue weighted by atomic mass is 31.2. The van der Waals surface area contributed by atoms with E-state index in [0.29, 0.717) is 19.8 Å². The maximum atomic E-state index is 13.0. The van der Waals surface area contributed by atoms with Crippen molar-refractivity contribution in [2.45, 2.75) is 32.6 Å². The lowest BCUT2D eigenvalue weighted by molar-refractivity contribution is 0.192. The van der Waals surface area contributed by atoms with Crippen molar-refractivity contribution in [1.29, 1.82) is 0 Å². The molecule has 7 heteroatoms. The molecule has 0 spiro atoms. The van der Waals surface area contributed by atoms with Crippen LogP contribution in [0.15, 0.2) is 40.7 Å². The van der Waals surface area contributed by atoms with Gasteiger partial charge in [-0.15, -0.1) is 0 Å². The van der Waals surface area contributed by atoms with Crippen molar-refractivity contribution in [1.82, 2.24) is 5.01 Å². The molecule has 1 heterocycles. The molecular weight excluding hydrogens is 289 g/mol. The van der Waals surface area contributed by atoms with E-state index in [0.717, 1.165) is 5.56 Å². The lowest BCUT2D eigenvalue weighted by Gasteiger charge is -2.28. The van der Waals surface area contributed by atoms with Gasteiger partial charge in [-0.05, 0) is 26.3 Å². The van der Waals surface area contributed by atoms with Crippen molar-refractivity contribution in [2.24, 2.45) is 10.3 Å². The molecule has 2 rings (SSSR count). The quantitative estimate of drug-likeness (QED) is 0.713. The first-order valence-electron chi connectivity index (χ1n) is 7.27. The Hall–Kier alpha value is -1.23. The molecule has 6 nitrogen and oxygen atoms in total. The SMILES string of the molecule is CCOP(=O)(OCC)C1N=NN(CC)C1c1ccccc1. The molecule has 1 aromatic rings.